The minimum Gasteiger partial charge on any atom is -0.505 e. The Bertz CT molecular complexity index is 561. The van der Waals surface area contributed by atoms with Gasteiger partial charge in [0.2, 0.25) is 0 Å². The van der Waals surface area contributed by atoms with Gasteiger partial charge in [0.1, 0.15) is 5.52 Å². The summed E-state index contributed by atoms with van der Waals surface area (Å²) in [5.41, 5.74) is 1.82. The molecule has 0 aliphatic carbocycles. The quantitative estimate of drug-likeness (QED) is 0.783. The monoisotopic (exact) mass is 215 g/mol. The summed E-state index contributed by atoms with van der Waals surface area (Å²) in [6, 6.07) is 5.43. The van der Waals surface area contributed by atoms with Gasteiger partial charge in [-0.25, -0.2) is 0 Å². The lowest BCUT2D eigenvalue weighted by molar-refractivity contribution is 0.0985. The molecule has 1 aromatic heterocycles. The molecule has 16 heavy (non-hydrogen) atoms. The first kappa shape index (κ1) is 10.6. The van der Waals surface area contributed by atoms with Crippen LogP contribution < -0.4 is 0 Å². The number of aromatic nitrogens is 1. The third kappa shape index (κ3) is 1.54. The zero-order valence-electron chi connectivity index (χ0n) is 9.32. The van der Waals surface area contributed by atoms with Crippen LogP contribution in [0.4, 0.5) is 0 Å². The SMILES string of the molecule is CCC(=O)c1cc(C)c2cccnc2c1O. The number of pyridine rings is 1. The number of benzene rings is 1. The molecule has 1 heterocycles. The Hall–Kier alpha value is -1.90. The van der Waals surface area contributed by atoms with Gasteiger partial charge in [-0.2, -0.15) is 0 Å². The highest BCUT2D eigenvalue weighted by Gasteiger charge is 2.14. The highest BCUT2D eigenvalue weighted by molar-refractivity contribution is 6.04. The van der Waals surface area contributed by atoms with E-state index in [1.807, 2.05) is 19.1 Å². The fourth-order valence-electron chi connectivity index (χ4n) is 1.81. The second-order valence-corrected chi connectivity index (χ2v) is 3.77. The van der Waals surface area contributed by atoms with E-state index in [-0.39, 0.29) is 11.5 Å². The summed E-state index contributed by atoms with van der Waals surface area (Å²) in [7, 11) is 0. The van der Waals surface area contributed by atoms with Gasteiger partial charge in [0, 0.05) is 18.0 Å². The average Bonchev–Trinajstić information content (AvgIpc) is 2.33. The van der Waals surface area contributed by atoms with E-state index in [0.717, 1.165) is 10.9 Å². The number of aromatic hydroxyl groups is 1. The molecule has 3 nitrogen and oxygen atoms in total. The van der Waals surface area contributed by atoms with Crippen molar-refractivity contribution >= 4 is 16.7 Å². The molecule has 2 rings (SSSR count). The summed E-state index contributed by atoms with van der Waals surface area (Å²) in [6.07, 6.45) is 1.99. The van der Waals surface area contributed by atoms with Crippen molar-refractivity contribution in [2.75, 3.05) is 0 Å². The van der Waals surface area contributed by atoms with Crippen molar-refractivity contribution in [1.82, 2.24) is 4.98 Å². The first-order valence-electron chi connectivity index (χ1n) is 5.25. The first-order valence-corrected chi connectivity index (χ1v) is 5.25. The van der Waals surface area contributed by atoms with Gasteiger partial charge in [-0.3, -0.25) is 9.78 Å². The molecule has 0 amide bonds. The molecule has 0 atom stereocenters. The van der Waals surface area contributed by atoms with E-state index in [1.165, 1.54) is 0 Å². The van der Waals surface area contributed by atoms with Gasteiger partial charge in [0.25, 0.3) is 0 Å². The Morgan fingerprint density at radius 3 is 2.94 bits per heavy atom. The zero-order chi connectivity index (χ0) is 11.7. The van der Waals surface area contributed by atoms with E-state index in [1.54, 1.807) is 19.2 Å². The topological polar surface area (TPSA) is 50.2 Å². The van der Waals surface area contributed by atoms with Crippen molar-refractivity contribution < 1.29 is 9.90 Å². The van der Waals surface area contributed by atoms with Gasteiger partial charge in [-0.05, 0) is 24.6 Å². The number of fused-ring (bicyclic) bond motifs is 1. The van der Waals surface area contributed by atoms with Crippen LogP contribution in [0.2, 0.25) is 0 Å². The molecule has 2 aromatic rings. The minimum atomic E-state index is -0.0619. The molecule has 82 valence electrons. The zero-order valence-corrected chi connectivity index (χ0v) is 9.32. The Kier molecular flexibility index (Phi) is 2.60. The lowest BCUT2D eigenvalue weighted by Gasteiger charge is -2.08. The number of Topliss-reactive ketones (excluding diaryl/α,β-unsaturated/α-hetero) is 1. The van der Waals surface area contributed by atoms with E-state index in [2.05, 4.69) is 4.98 Å². The Morgan fingerprint density at radius 2 is 2.25 bits per heavy atom. The summed E-state index contributed by atoms with van der Waals surface area (Å²) in [5, 5.41) is 10.9. The number of aryl methyl sites for hydroxylation is 1. The van der Waals surface area contributed by atoms with Crippen LogP contribution >= 0.6 is 0 Å². The van der Waals surface area contributed by atoms with Crippen LogP contribution in [-0.2, 0) is 0 Å². The number of phenolic OH excluding ortho intramolecular Hbond substituents is 1. The van der Waals surface area contributed by atoms with E-state index in [4.69, 9.17) is 0 Å². The predicted molar refractivity (Wildman–Crippen MR) is 62.8 cm³/mol. The van der Waals surface area contributed by atoms with E-state index in [9.17, 15) is 9.90 Å². The van der Waals surface area contributed by atoms with E-state index >= 15 is 0 Å². The summed E-state index contributed by atoms with van der Waals surface area (Å²) in [6.45, 7) is 3.69. The largest absolute Gasteiger partial charge is 0.505 e. The number of hydrogen-bond donors (Lipinski definition) is 1. The fraction of sp³-hybridized carbons (Fsp3) is 0.231. The second kappa shape index (κ2) is 3.93. The Balaban J connectivity index is 2.80. The van der Waals surface area contributed by atoms with Crippen molar-refractivity contribution in [2.45, 2.75) is 20.3 Å². The molecule has 0 aliphatic rings. The van der Waals surface area contributed by atoms with Gasteiger partial charge in [0.05, 0.1) is 5.56 Å². The van der Waals surface area contributed by atoms with Gasteiger partial charge in [-0.15, -0.1) is 0 Å². The van der Waals surface area contributed by atoms with Crippen LogP contribution in [0.15, 0.2) is 24.4 Å². The Labute approximate surface area is 93.7 Å². The number of hydrogen-bond acceptors (Lipinski definition) is 3. The molecule has 0 aliphatic heterocycles. The normalized spacial score (nSPS) is 10.6. The second-order valence-electron chi connectivity index (χ2n) is 3.77. The molecule has 0 radical (unpaired) electrons. The maximum Gasteiger partial charge on any atom is 0.166 e. The number of ketones is 1. The van der Waals surface area contributed by atoms with Crippen LogP contribution in [0.1, 0.15) is 29.3 Å². The van der Waals surface area contributed by atoms with Crippen LogP contribution in [-0.4, -0.2) is 15.9 Å². The third-order valence-electron chi connectivity index (χ3n) is 2.69. The molecule has 0 spiro atoms. The molecular weight excluding hydrogens is 202 g/mol. The Morgan fingerprint density at radius 1 is 1.50 bits per heavy atom. The molecule has 1 N–H and O–H groups in total. The summed E-state index contributed by atoms with van der Waals surface area (Å²) in [4.78, 5) is 15.8. The molecule has 1 aromatic carbocycles. The van der Waals surface area contributed by atoms with Crippen molar-refractivity contribution in [3.05, 3.63) is 35.5 Å². The van der Waals surface area contributed by atoms with E-state index < -0.39 is 0 Å². The smallest absolute Gasteiger partial charge is 0.166 e. The highest BCUT2D eigenvalue weighted by atomic mass is 16.3. The average molecular weight is 215 g/mol. The standard InChI is InChI=1S/C13H13NO2/c1-3-11(15)10-7-8(2)9-5-4-6-14-12(9)13(10)16/h4-7,16H,3H2,1-2H3. The molecule has 0 saturated carbocycles. The van der Waals surface area contributed by atoms with Gasteiger partial charge >= 0.3 is 0 Å². The predicted octanol–water partition coefficient (Wildman–Crippen LogP) is 2.84. The summed E-state index contributed by atoms with van der Waals surface area (Å²) < 4.78 is 0. The van der Waals surface area contributed by atoms with Gasteiger partial charge < -0.3 is 5.11 Å². The third-order valence-corrected chi connectivity index (χ3v) is 2.69. The molecular formula is C13H13NO2. The van der Waals surface area contributed by atoms with Crippen molar-refractivity contribution in [2.24, 2.45) is 0 Å². The van der Waals surface area contributed by atoms with Gasteiger partial charge in [0.15, 0.2) is 11.5 Å². The lowest BCUT2D eigenvalue weighted by atomic mass is 10.0. The minimum absolute atomic E-state index is 0.00644. The lowest BCUT2D eigenvalue weighted by Crippen LogP contribution is -1.99. The maximum absolute atomic E-state index is 11.6. The number of carbonyl (C=O) groups is 1. The van der Waals surface area contributed by atoms with Crippen molar-refractivity contribution in [3.63, 3.8) is 0 Å². The van der Waals surface area contributed by atoms with E-state index in [0.29, 0.717) is 17.5 Å². The van der Waals surface area contributed by atoms with Gasteiger partial charge in [-0.1, -0.05) is 13.0 Å². The number of nitrogens with zero attached hydrogens (tertiary/aromatic N) is 1. The molecule has 0 unspecified atom stereocenters. The van der Waals surface area contributed by atoms with Crippen LogP contribution in [0.5, 0.6) is 5.75 Å². The highest BCUT2D eigenvalue weighted by Crippen LogP contribution is 2.30. The fourth-order valence-corrected chi connectivity index (χ4v) is 1.81. The van der Waals surface area contributed by atoms with Crippen molar-refractivity contribution in [1.29, 1.82) is 0 Å². The van der Waals surface area contributed by atoms with Crippen LogP contribution in [0.3, 0.4) is 0 Å². The summed E-state index contributed by atoms with van der Waals surface area (Å²) in [5.74, 6) is -0.0683. The number of carbonyl (C=O) groups excluding carboxylic acids is 1. The number of rotatable bonds is 2. The molecule has 0 bridgehead atoms. The summed E-state index contributed by atoms with van der Waals surface area (Å²) >= 11 is 0. The first-order chi connectivity index (χ1) is 7.65. The molecule has 0 fully saturated rings. The number of phenols is 1. The molecule has 3 heteroatoms. The van der Waals surface area contributed by atoms with Crippen LogP contribution in [0, 0.1) is 6.92 Å². The van der Waals surface area contributed by atoms with Crippen LogP contribution in [0.25, 0.3) is 10.9 Å². The maximum atomic E-state index is 11.6. The molecule has 0 saturated heterocycles. The van der Waals surface area contributed by atoms with Crippen molar-refractivity contribution in [3.8, 4) is 5.75 Å².